The van der Waals surface area contributed by atoms with Crippen molar-refractivity contribution in [2.45, 2.75) is 26.2 Å². The second-order valence-corrected chi connectivity index (χ2v) is 16.2. The van der Waals surface area contributed by atoms with Gasteiger partial charge in [0.05, 0.1) is 39.2 Å². The fourth-order valence-electron chi connectivity index (χ4n) is 8.97. The highest BCUT2D eigenvalue weighted by atomic mass is 19.4. The molecule has 9 heteroatoms. The molecule has 10 aromatic rings. The van der Waals surface area contributed by atoms with E-state index in [0.29, 0.717) is 39.4 Å². The molecule has 0 spiro atoms. The van der Waals surface area contributed by atoms with Gasteiger partial charge in [-0.3, -0.25) is 0 Å². The molecule has 0 atom stereocenters. The number of benzene rings is 8. The predicted molar refractivity (Wildman–Crippen MR) is 248 cm³/mol. The monoisotopic (exact) mass is 865 g/mol. The fourth-order valence-corrected chi connectivity index (χ4v) is 8.97. The number of para-hydroxylation sites is 1. The molecule has 0 bridgehead atoms. The average Bonchev–Trinajstić information content (AvgIpc) is 3.64. The van der Waals surface area contributed by atoms with Gasteiger partial charge in [0, 0.05) is 38.6 Å². The highest BCUT2D eigenvalue weighted by molar-refractivity contribution is 6.12. The van der Waals surface area contributed by atoms with Crippen LogP contribution in [0.15, 0.2) is 188 Å². The predicted octanol–water partition coefficient (Wildman–Crippen LogP) is 16.2. The lowest BCUT2D eigenvalue weighted by Crippen LogP contribution is -2.11. The molecule has 0 radical (unpaired) electrons. The van der Waals surface area contributed by atoms with Gasteiger partial charge in [-0.2, -0.15) is 26.3 Å². The van der Waals surface area contributed by atoms with Crippen molar-refractivity contribution in [3.63, 3.8) is 0 Å². The quantitative estimate of drug-likeness (QED) is 0.149. The van der Waals surface area contributed by atoms with Gasteiger partial charge >= 0.3 is 12.4 Å². The van der Waals surface area contributed by atoms with Gasteiger partial charge in [0.15, 0.2) is 5.82 Å². The number of halogens is 6. The van der Waals surface area contributed by atoms with E-state index in [9.17, 15) is 0 Å². The maximum Gasteiger partial charge on any atom is 0.417 e. The summed E-state index contributed by atoms with van der Waals surface area (Å²) in [6.07, 6.45) is -9.66. The molecule has 0 aliphatic heterocycles. The third kappa shape index (κ3) is 7.73. The zero-order chi connectivity index (χ0) is 45.0. The maximum atomic E-state index is 15.3. The molecule has 2 aromatic heterocycles. The van der Waals surface area contributed by atoms with Crippen LogP contribution in [0, 0.1) is 13.8 Å². The molecule has 2 heterocycles. The Hall–Kier alpha value is -7.78. The van der Waals surface area contributed by atoms with Crippen LogP contribution in [0.2, 0.25) is 0 Å². The van der Waals surface area contributed by atoms with Gasteiger partial charge in [-0.1, -0.05) is 151 Å². The number of hydrogen-bond acceptors (Lipinski definition) is 2. The van der Waals surface area contributed by atoms with Gasteiger partial charge < -0.3 is 4.57 Å². The van der Waals surface area contributed by atoms with Gasteiger partial charge in [-0.05, 0) is 84.6 Å². The van der Waals surface area contributed by atoms with Crippen molar-refractivity contribution in [1.82, 2.24) is 14.5 Å². The van der Waals surface area contributed by atoms with E-state index < -0.39 is 23.5 Å². The number of fused-ring (bicyclic) bond motifs is 3. The zero-order valence-electron chi connectivity index (χ0n) is 35.0. The van der Waals surface area contributed by atoms with E-state index in [4.69, 9.17) is 9.97 Å². The molecule has 65 heavy (non-hydrogen) atoms. The Kier molecular flexibility index (Phi) is 10.2. The Morgan fingerprint density at radius 3 is 1.45 bits per heavy atom. The largest absolute Gasteiger partial charge is 0.417 e. The van der Waals surface area contributed by atoms with Gasteiger partial charge in [0.2, 0.25) is 0 Å². The van der Waals surface area contributed by atoms with Crippen molar-refractivity contribution in [3.8, 4) is 73.0 Å². The molecule has 0 saturated heterocycles. The molecule has 0 unspecified atom stereocenters. The molecular weight excluding hydrogens is 829 g/mol. The van der Waals surface area contributed by atoms with E-state index in [-0.39, 0.29) is 27.9 Å². The third-order valence-electron chi connectivity index (χ3n) is 11.7. The van der Waals surface area contributed by atoms with Crippen molar-refractivity contribution in [2.24, 2.45) is 0 Å². The lowest BCUT2D eigenvalue weighted by atomic mass is 9.88. The van der Waals surface area contributed by atoms with Gasteiger partial charge in [0.1, 0.15) is 0 Å². The molecule has 8 aromatic carbocycles. The van der Waals surface area contributed by atoms with E-state index in [1.807, 2.05) is 122 Å². The summed E-state index contributed by atoms with van der Waals surface area (Å²) in [5, 5.41) is 1.56. The Balaban J connectivity index is 1.37. The Bertz CT molecular complexity index is 3270. The lowest BCUT2D eigenvalue weighted by Gasteiger charge is -2.24. The smallest absolute Gasteiger partial charge is 0.308 e. The summed E-state index contributed by atoms with van der Waals surface area (Å²) in [5.74, 6) is 0.336. The second-order valence-electron chi connectivity index (χ2n) is 16.2. The first-order valence-corrected chi connectivity index (χ1v) is 21.0. The number of nitrogens with zero attached hydrogens (tertiary/aromatic N) is 3. The van der Waals surface area contributed by atoms with E-state index in [1.54, 1.807) is 18.2 Å². The fraction of sp³-hybridized carbons (Fsp3) is 0.0714. The van der Waals surface area contributed by atoms with Crippen LogP contribution in [0.4, 0.5) is 26.3 Å². The second kappa shape index (κ2) is 16.1. The highest BCUT2D eigenvalue weighted by Crippen LogP contribution is 2.49. The van der Waals surface area contributed by atoms with Crippen LogP contribution >= 0.6 is 0 Å². The van der Waals surface area contributed by atoms with E-state index >= 15 is 26.3 Å². The van der Waals surface area contributed by atoms with E-state index in [2.05, 4.69) is 18.2 Å². The van der Waals surface area contributed by atoms with Gasteiger partial charge in [-0.15, -0.1) is 0 Å². The van der Waals surface area contributed by atoms with Crippen LogP contribution in [0.3, 0.4) is 0 Å². The van der Waals surface area contributed by atoms with Crippen molar-refractivity contribution in [2.75, 3.05) is 0 Å². The standard InChI is InChI=1S/C56H37F6N3/c1-34-27-35(2)29-39(28-34)38-25-26-52-44(30-38)43-21-11-14-24-51(43)65(52)53-45(41-19-9-12-22-47(41)55(57,58)59)31-40(32-46(53)42-20-10-13-23-48(42)56(60,61)62)50-33-49(36-15-5-3-6-16-36)63-54(64-50)37-17-7-4-8-18-37/h3-33H,1-2H3. The molecular formula is C56H37F6N3. The van der Waals surface area contributed by atoms with Crippen LogP contribution in [-0.4, -0.2) is 14.5 Å². The molecule has 0 N–H and O–H groups in total. The summed E-state index contributed by atoms with van der Waals surface area (Å²) >= 11 is 0. The van der Waals surface area contributed by atoms with Gasteiger partial charge in [-0.25, -0.2) is 9.97 Å². The number of alkyl halides is 6. The highest BCUT2D eigenvalue weighted by Gasteiger charge is 2.37. The first-order valence-electron chi connectivity index (χ1n) is 21.0. The molecule has 0 amide bonds. The number of rotatable bonds is 7. The van der Waals surface area contributed by atoms with Gasteiger partial charge in [0.25, 0.3) is 0 Å². The minimum absolute atomic E-state index is 0.0598. The summed E-state index contributed by atoms with van der Waals surface area (Å²) in [6.45, 7) is 4.05. The van der Waals surface area contributed by atoms with E-state index in [1.165, 1.54) is 36.4 Å². The first kappa shape index (κ1) is 41.2. The van der Waals surface area contributed by atoms with Crippen molar-refractivity contribution in [1.29, 1.82) is 0 Å². The summed E-state index contributed by atoms with van der Waals surface area (Å²) in [4.78, 5) is 9.90. The Morgan fingerprint density at radius 1 is 0.369 bits per heavy atom. The van der Waals surface area contributed by atoms with Crippen LogP contribution in [-0.2, 0) is 12.4 Å². The summed E-state index contributed by atoms with van der Waals surface area (Å²) in [6, 6.07) is 53.6. The molecule has 3 nitrogen and oxygen atoms in total. The SMILES string of the molecule is Cc1cc(C)cc(-c2ccc3c(c2)c2ccccc2n3-c2c(-c3ccccc3C(F)(F)F)cc(-c3cc(-c4ccccc4)nc(-c4ccccc4)n3)cc2-c2ccccc2C(F)(F)F)c1. The normalized spacial score (nSPS) is 12.0. The molecule has 0 fully saturated rings. The summed E-state index contributed by atoms with van der Waals surface area (Å²) in [5.41, 5.74) is 5.79. The lowest BCUT2D eigenvalue weighted by molar-refractivity contribution is -0.137. The molecule has 0 saturated carbocycles. The molecule has 0 aliphatic rings. The Morgan fingerprint density at radius 2 is 0.862 bits per heavy atom. The number of hydrogen-bond donors (Lipinski definition) is 0. The van der Waals surface area contributed by atoms with E-state index in [0.717, 1.165) is 50.7 Å². The average molecular weight is 866 g/mol. The minimum atomic E-state index is -4.83. The van der Waals surface area contributed by atoms with Crippen LogP contribution in [0.1, 0.15) is 22.3 Å². The number of aromatic nitrogens is 3. The summed E-state index contributed by atoms with van der Waals surface area (Å²) in [7, 11) is 0. The van der Waals surface area contributed by atoms with Crippen molar-refractivity contribution >= 4 is 21.8 Å². The molecule has 10 rings (SSSR count). The molecule has 318 valence electrons. The summed E-state index contributed by atoms with van der Waals surface area (Å²) < 4.78 is 93.9. The molecule has 0 aliphatic carbocycles. The van der Waals surface area contributed by atoms with Crippen LogP contribution in [0.5, 0.6) is 0 Å². The maximum absolute atomic E-state index is 15.3. The van der Waals surface area contributed by atoms with Crippen molar-refractivity contribution < 1.29 is 26.3 Å². The first-order chi connectivity index (χ1) is 31.3. The minimum Gasteiger partial charge on any atom is -0.308 e. The zero-order valence-corrected chi connectivity index (χ0v) is 35.0. The van der Waals surface area contributed by atoms with Crippen LogP contribution < -0.4 is 0 Å². The van der Waals surface area contributed by atoms with Crippen molar-refractivity contribution in [3.05, 3.63) is 210 Å². The third-order valence-corrected chi connectivity index (χ3v) is 11.7. The Labute approximate surface area is 371 Å². The number of aryl methyl sites for hydroxylation is 2. The topological polar surface area (TPSA) is 30.7 Å². The van der Waals surface area contributed by atoms with Crippen LogP contribution in [0.25, 0.3) is 94.8 Å².